The quantitative estimate of drug-likeness (QED) is 0.262. The average molecular weight is 581 g/mol. The van der Waals surface area contributed by atoms with E-state index in [-0.39, 0.29) is 48.1 Å². The number of amides is 1. The fourth-order valence-corrected chi connectivity index (χ4v) is 6.61. The number of hydrogen-bond donors (Lipinski definition) is 0. The van der Waals surface area contributed by atoms with Gasteiger partial charge in [-0.05, 0) is 23.3 Å². The van der Waals surface area contributed by atoms with Gasteiger partial charge in [0.2, 0.25) is 18.0 Å². The third-order valence-electron chi connectivity index (χ3n) is 7.30. The number of thioether (sulfide) groups is 1. The number of hydrogen-bond acceptors (Lipinski definition) is 9. The molecule has 1 fully saturated rings. The van der Waals surface area contributed by atoms with Gasteiger partial charge in [-0.1, -0.05) is 24.3 Å². The van der Waals surface area contributed by atoms with Crippen LogP contribution in [0.2, 0.25) is 0 Å². The Hall–Kier alpha value is -4.04. The number of morpholine rings is 1. The van der Waals surface area contributed by atoms with E-state index in [1.165, 1.54) is 39.7 Å². The highest BCUT2D eigenvalue weighted by Crippen LogP contribution is 2.47. The van der Waals surface area contributed by atoms with Crippen LogP contribution in [0.15, 0.2) is 58.4 Å². The number of pyridine rings is 1. The molecule has 14 heteroatoms. The van der Waals surface area contributed by atoms with Crippen molar-refractivity contribution in [1.29, 1.82) is 0 Å². The number of nitrogens with zero attached hydrogens (tertiary/aromatic N) is 3. The molecule has 3 aliphatic rings. The molecule has 4 heterocycles. The summed E-state index contributed by atoms with van der Waals surface area (Å²) in [5.74, 6) is -2.87. The van der Waals surface area contributed by atoms with E-state index < -0.39 is 47.5 Å². The summed E-state index contributed by atoms with van der Waals surface area (Å²) in [7, 11) is 8.50. The van der Waals surface area contributed by atoms with E-state index in [1.54, 1.807) is 17.1 Å². The normalized spacial score (nSPS) is 21.1. The number of halogens is 2. The van der Waals surface area contributed by atoms with Crippen molar-refractivity contribution in [2.75, 3.05) is 38.7 Å². The molecule has 2 radical (unpaired) electrons. The van der Waals surface area contributed by atoms with Crippen LogP contribution in [-0.2, 0) is 25.4 Å². The van der Waals surface area contributed by atoms with Gasteiger partial charge in [-0.25, -0.2) is 13.6 Å². The number of rotatable bonds is 4. The predicted octanol–water partition coefficient (Wildman–Crippen LogP) is 2.67. The molecule has 1 aromatic heterocycles. The van der Waals surface area contributed by atoms with Crippen molar-refractivity contribution in [3.8, 4) is 5.75 Å². The van der Waals surface area contributed by atoms with E-state index in [0.29, 0.717) is 5.56 Å². The lowest BCUT2D eigenvalue weighted by Crippen LogP contribution is -2.71. The van der Waals surface area contributed by atoms with Crippen LogP contribution in [-0.4, -0.2) is 69.3 Å². The highest BCUT2D eigenvalue weighted by atomic mass is 32.2. The Labute approximate surface area is 238 Å². The van der Waals surface area contributed by atoms with E-state index in [9.17, 15) is 18.8 Å². The van der Waals surface area contributed by atoms with Crippen molar-refractivity contribution >= 4 is 31.7 Å². The van der Waals surface area contributed by atoms with Crippen LogP contribution in [0.4, 0.5) is 13.6 Å². The molecular formula is C27H22BF2N3O7S. The van der Waals surface area contributed by atoms with Gasteiger partial charge in [0.25, 0.3) is 5.91 Å². The topological polar surface area (TPSA) is 99.5 Å². The molecule has 0 N–H and O–H groups in total. The number of methoxy groups -OCH3 is 1. The largest absolute Gasteiger partial charge is 0.510 e. The first-order valence-electron chi connectivity index (χ1n) is 12.5. The summed E-state index contributed by atoms with van der Waals surface area (Å²) < 4.78 is 51.7. The fraction of sp³-hybridized carbons (Fsp3) is 0.296. The van der Waals surface area contributed by atoms with Gasteiger partial charge in [0.1, 0.15) is 14.0 Å². The monoisotopic (exact) mass is 581 g/mol. The zero-order valence-corrected chi connectivity index (χ0v) is 22.5. The van der Waals surface area contributed by atoms with Gasteiger partial charge in [0.15, 0.2) is 17.3 Å². The Kier molecular flexibility index (Phi) is 6.90. The molecule has 41 heavy (non-hydrogen) atoms. The first kappa shape index (κ1) is 27.2. The maximum absolute atomic E-state index is 15.4. The second-order valence-corrected chi connectivity index (χ2v) is 10.4. The van der Waals surface area contributed by atoms with E-state index in [2.05, 4.69) is 4.74 Å². The van der Waals surface area contributed by atoms with E-state index >= 15 is 4.39 Å². The minimum Gasteiger partial charge on any atom is -0.451 e. The minimum absolute atomic E-state index is 0.0339. The summed E-state index contributed by atoms with van der Waals surface area (Å²) in [6.07, 6.45) is -0.493. The molecule has 6 rings (SSSR count). The molecule has 3 aliphatic heterocycles. The molecule has 2 aromatic carbocycles. The number of aromatic nitrogens is 1. The van der Waals surface area contributed by atoms with Crippen LogP contribution >= 0.6 is 11.8 Å². The smallest absolute Gasteiger partial charge is 0.451 e. The molecule has 3 aromatic rings. The van der Waals surface area contributed by atoms with Crippen molar-refractivity contribution < 1.29 is 37.3 Å². The van der Waals surface area contributed by atoms with Crippen molar-refractivity contribution in [1.82, 2.24) is 9.58 Å². The summed E-state index contributed by atoms with van der Waals surface area (Å²) in [4.78, 5) is 40.5. The fourth-order valence-electron chi connectivity index (χ4n) is 5.47. The predicted molar refractivity (Wildman–Crippen MR) is 142 cm³/mol. The Morgan fingerprint density at radius 2 is 1.98 bits per heavy atom. The Morgan fingerprint density at radius 1 is 1.17 bits per heavy atom. The molecule has 1 saturated heterocycles. The minimum atomic E-state index is -1.70. The third-order valence-corrected chi connectivity index (χ3v) is 8.40. The van der Waals surface area contributed by atoms with Crippen molar-refractivity contribution in [3.05, 3.63) is 92.9 Å². The number of carbonyl (C=O) groups is 2. The van der Waals surface area contributed by atoms with Gasteiger partial charge in [0.05, 0.1) is 25.8 Å². The lowest BCUT2D eigenvalue weighted by Gasteiger charge is -2.56. The van der Waals surface area contributed by atoms with Gasteiger partial charge in [-0.15, -0.1) is 11.8 Å². The average Bonchev–Trinajstić information content (AvgIpc) is 3.11. The number of carbonyl (C=O) groups excluding carboxylic acids is 2. The summed E-state index contributed by atoms with van der Waals surface area (Å²) in [5.41, 5.74) is -1.63. The molecule has 10 nitrogen and oxygen atoms in total. The second kappa shape index (κ2) is 10.4. The van der Waals surface area contributed by atoms with Crippen LogP contribution in [0.25, 0.3) is 0 Å². The van der Waals surface area contributed by atoms with Crippen LogP contribution in [0.1, 0.15) is 27.2 Å². The highest BCUT2D eigenvalue weighted by Gasteiger charge is 2.51. The van der Waals surface area contributed by atoms with Gasteiger partial charge >= 0.3 is 6.16 Å². The Balaban J connectivity index is 1.62. The molecule has 0 aliphatic carbocycles. The van der Waals surface area contributed by atoms with E-state index in [1.807, 2.05) is 12.1 Å². The maximum atomic E-state index is 15.4. The van der Waals surface area contributed by atoms with Crippen LogP contribution in [0, 0.1) is 11.6 Å². The van der Waals surface area contributed by atoms with Crippen molar-refractivity contribution in [2.24, 2.45) is 0 Å². The summed E-state index contributed by atoms with van der Waals surface area (Å²) in [5, 5.41) is 1.62. The summed E-state index contributed by atoms with van der Waals surface area (Å²) in [6.45, 7) is -0.306. The van der Waals surface area contributed by atoms with E-state index in [0.717, 1.165) is 18.1 Å². The lowest BCUT2D eigenvalue weighted by atomic mass is 9.65. The molecule has 0 bridgehead atoms. The zero-order chi connectivity index (χ0) is 28.9. The number of fused-ring (bicyclic) bond motifs is 4. The SMILES string of the molecule is [B][C@]1(N2[C@@H]3COCCN3C(=O)c3c(OCOC(=O)OC)c(=O)ccn32)c2ccccc2SCc2c1ccc(F)c2F. The van der Waals surface area contributed by atoms with Crippen molar-refractivity contribution in [3.63, 3.8) is 0 Å². The van der Waals surface area contributed by atoms with Crippen molar-refractivity contribution in [2.45, 2.75) is 22.3 Å². The molecule has 0 saturated carbocycles. The van der Waals surface area contributed by atoms with Gasteiger partial charge in [-0.3, -0.25) is 19.3 Å². The maximum Gasteiger partial charge on any atom is 0.510 e. The van der Waals surface area contributed by atoms with Crippen LogP contribution in [0.3, 0.4) is 0 Å². The van der Waals surface area contributed by atoms with Crippen LogP contribution < -0.4 is 15.2 Å². The Bertz CT molecular complexity index is 1620. The summed E-state index contributed by atoms with van der Waals surface area (Å²) >= 11 is 1.30. The third kappa shape index (κ3) is 4.24. The van der Waals surface area contributed by atoms with E-state index in [4.69, 9.17) is 22.1 Å². The van der Waals surface area contributed by atoms with Crippen LogP contribution in [0.5, 0.6) is 5.75 Å². The standard InChI is InChI=1S/C27H22BF2N3O7S/c1-37-26(36)40-14-39-24-19(34)8-9-32-23(24)25(35)31-10-11-38-12-21(31)33(32)27(28)16-6-7-18(29)22(30)15(16)13-41-20-5-3-2-4-17(20)27/h2-9,21H,10-14H2,1H3/t21-,27-/m1/s1. The zero-order valence-electron chi connectivity index (χ0n) is 21.7. The molecular weight excluding hydrogens is 559 g/mol. The van der Waals surface area contributed by atoms with Gasteiger partial charge in [-0.2, -0.15) is 0 Å². The first-order valence-corrected chi connectivity index (χ1v) is 13.5. The van der Waals surface area contributed by atoms with Gasteiger partial charge < -0.3 is 23.8 Å². The first-order chi connectivity index (χ1) is 19.8. The van der Waals surface area contributed by atoms with Gasteiger partial charge in [0, 0.05) is 35.0 Å². The Morgan fingerprint density at radius 3 is 2.78 bits per heavy atom. The molecule has 0 spiro atoms. The molecule has 0 unspecified atom stereocenters. The molecule has 210 valence electrons. The number of ether oxygens (including phenoxy) is 4. The lowest BCUT2D eigenvalue weighted by molar-refractivity contribution is -0.0227. The second-order valence-electron chi connectivity index (χ2n) is 9.40. The highest BCUT2D eigenvalue weighted by molar-refractivity contribution is 7.98. The number of benzene rings is 2. The molecule has 1 amide bonds. The summed E-state index contributed by atoms with van der Waals surface area (Å²) in [6, 6.07) is 10.8. The molecule has 2 atom stereocenters.